The van der Waals surface area contributed by atoms with Crippen molar-refractivity contribution in [3.8, 4) is 28.6 Å². The fourth-order valence-electron chi connectivity index (χ4n) is 3.09. The molecule has 4 rings (SSSR count). The van der Waals surface area contributed by atoms with Gasteiger partial charge in [0.25, 0.3) is 0 Å². The van der Waals surface area contributed by atoms with Crippen LogP contribution < -0.4 is 20.1 Å². The van der Waals surface area contributed by atoms with Crippen molar-refractivity contribution in [3.05, 3.63) is 79.1 Å². The van der Waals surface area contributed by atoms with E-state index in [-0.39, 0.29) is 11.4 Å². The lowest BCUT2D eigenvalue weighted by Crippen LogP contribution is -2.22. The van der Waals surface area contributed by atoms with Gasteiger partial charge in [-0.05, 0) is 60.7 Å². The van der Waals surface area contributed by atoms with Crippen molar-refractivity contribution in [1.29, 1.82) is 0 Å². The van der Waals surface area contributed by atoms with E-state index in [2.05, 4.69) is 30.2 Å². The van der Waals surface area contributed by atoms with Crippen molar-refractivity contribution in [1.82, 2.24) is 14.8 Å². The van der Waals surface area contributed by atoms with Crippen LogP contribution in [0.25, 0.3) is 17.1 Å². The number of hydrogen-bond donors (Lipinski definition) is 2. The number of hydrogen-bond acceptors (Lipinski definition) is 5. The van der Waals surface area contributed by atoms with Gasteiger partial charge in [0.05, 0.1) is 11.4 Å². The first-order chi connectivity index (χ1) is 17.4. The quantitative estimate of drug-likeness (QED) is 0.287. The van der Waals surface area contributed by atoms with Crippen LogP contribution >= 0.6 is 0 Å². The van der Waals surface area contributed by atoms with Crippen LogP contribution in [0.3, 0.4) is 0 Å². The molecule has 8 nitrogen and oxygen atoms in total. The predicted molar refractivity (Wildman–Crippen MR) is 119 cm³/mol. The van der Waals surface area contributed by atoms with Crippen LogP contribution in [0.5, 0.6) is 11.5 Å². The van der Waals surface area contributed by atoms with Gasteiger partial charge in [-0.3, -0.25) is 0 Å². The van der Waals surface area contributed by atoms with Crippen LogP contribution in [0.2, 0.25) is 0 Å². The zero-order chi connectivity index (χ0) is 26.6. The third kappa shape index (κ3) is 7.13. The molecule has 0 radical (unpaired) electrons. The molecular formula is C23H15F6N5O3. The number of rotatable bonds is 6. The second-order valence-corrected chi connectivity index (χ2v) is 7.25. The van der Waals surface area contributed by atoms with E-state index >= 15 is 0 Å². The summed E-state index contributed by atoms with van der Waals surface area (Å²) in [4.78, 5) is 16.4. The molecule has 0 atom stereocenters. The average molecular weight is 523 g/mol. The average Bonchev–Trinajstić information content (AvgIpc) is 3.30. The summed E-state index contributed by atoms with van der Waals surface area (Å²) in [5.41, 5.74) is 1.15. The molecule has 2 N–H and O–H groups in total. The first kappa shape index (κ1) is 25.3. The molecule has 4 aromatic rings. The zero-order valence-electron chi connectivity index (χ0n) is 18.3. The smallest absolute Gasteiger partial charge is 0.406 e. The summed E-state index contributed by atoms with van der Waals surface area (Å²) in [6, 6.07) is 15.6. The Morgan fingerprint density at radius 3 is 2.08 bits per heavy atom. The van der Waals surface area contributed by atoms with E-state index in [1.807, 2.05) is 0 Å². The van der Waals surface area contributed by atoms with Crippen LogP contribution in [0.4, 0.5) is 42.5 Å². The zero-order valence-corrected chi connectivity index (χ0v) is 18.3. The van der Waals surface area contributed by atoms with Gasteiger partial charge in [0.1, 0.15) is 12.1 Å². The molecule has 0 spiro atoms. The standard InChI is InChI=1S/C23H15F6N5O3/c24-22(25,26)36-17-11-9-16(10-12-17)34-13-30-20(33-34)14-5-7-15(8-6-14)31-21(35)32-18-3-1-2-4-19(18)37-23(27,28)29/h1-13H,(H2,31,32,35). The molecule has 2 amide bonds. The van der Waals surface area contributed by atoms with Crippen molar-refractivity contribution in [2.45, 2.75) is 12.7 Å². The summed E-state index contributed by atoms with van der Waals surface area (Å²) < 4.78 is 83.6. The molecule has 0 aliphatic heterocycles. The number of carbonyl (C=O) groups is 1. The summed E-state index contributed by atoms with van der Waals surface area (Å²) >= 11 is 0. The molecule has 0 fully saturated rings. The second-order valence-electron chi connectivity index (χ2n) is 7.25. The van der Waals surface area contributed by atoms with E-state index < -0.39 is 24.5 Å². The van der Waals surface area contributed by atoms with Gasteiger partial charge in [-0.25, -0.2) is 14.5 Å². The highest BCUT2D eigenvalue weighted by Crippen LogP contribution is 2.30. The molecule has 0 aliphatic rings. The number of ether oxygens (including phenoxy) is 2. The lowest BCUT2D eigenvalue weighted by molar-refractivity contribution is -0.275. The maximum Gasteiger partial charge on any atom is 0.573 e. The van der Waals surface area contributed by atoms with Gasteiger partial charge in [0.2, 0.25) is 0 Å². The van der Waals surface area contributed by atoms with Gasteiger partial charge in [0.15, 0.2) is 11.6 Å². The number of aromatic nitrogens is 3. The van der Waals surface area contributed by atoms with Crippen LogP contribution in [0, 0.1) is 0 Å². The number of alkyl halides is 6. The van der Waals surface area contributed by atoms with Crippen molar-refractivity contribution in [2.75, 3.05) is 10.6 Å². The van der Waals surface area contributed by atoms with Crippen LogP contribution in [-0.2, 0) is 0 Å². The molecule has 0 unspecified atom stereocenters. The minimum atomic E-state index is -4.92. The fraction of sp³-hybridized carbons (Fsp3) is 0.0870. The molecule has 14 heteroatoms. The summed E-state index contributed by atoms with van der Waals surface area (Å²) in [6.07, 6.45) is -8.35. The molecule has 192 valence electrons. The number of benzene rings is 3. The number of anilines is 2. The summed E-state index contributed by atoms with van der Waals surface area (Å²) in [5, 5.41) is 9.06. The summed E-state index contributed by atoms with van der Waals surface area (Å²) in [7, 11) is 0. The van der Waals surface area contributed by atoms with Gasteiger partial charge in [-0.1, -0.05) is 12.1 Å². The van der Waals surface area contributed by atoms with Crippen molar-refractivity contribution in [2.24, 2.45) is 0 Å². The first-order valence-corrected chi connectivity index (χ1v) is 10.3. The first-order valence-electron chi connectivity index (χ1n) is 10.3. The maximum absolute atomic E-state index is 12.5. The number of carbonyl (C=O) groups excluding carboxylic acids is 1. The van der Waals surface area contributed by atoms with E-state index in [0.717, 1.165) is 18.2 Å². The van der Waals surface area contributed by atoms with Crippen molar-refractivity contribution >= 4 is 17.4 Å². The molecular weight excluding hydrogens is 508 g/mol. The molecule has 1 heterocycles. The number of urea groups is 1. The maximum atomic E-state index is 12.5. The van der Waals surface area contributed by atoms with E-state index in [4.69, 9.17) is 0 Å². The highest BCUT2D eigenvalue weighted by Gasteiger charge is 2.32. The van der Waals surface area contributed by atoms with Gasteiger partial charge < -0.3 is 20.1 Å². The normalized spacial score (nSPS) is 11.6. The van der Waals surface area contributed by atoms with Crippen LogP contribution in [0.1, 0.15) is 0 Å². The number of halogens is 6. The van der Waals surface area contributed by atoms with Gasteiger partial charge in [-0.2, -0.15) is 0 Å². The highest BCUT2D eigenvalue weighted by atomic mass is 19.4. The molecule has 0 aliphatic carbocycles. The van der Waals surface area contributed by atoms with Crippen molar-refractivity contribution in [3.63, 3.8) is 0 Å². The third-order valence-corrected chi connectivity index (χ3v) is 4.59. The van der Waals surface area contributed by atoms with E-state index in [9.17, 15) is 31.1 Å². The largest absolute Gasteiger partial charge is 0.573 e. The lowest BCUT2D eigenvalue weighted by atomic mass is 10.2. The third-order valence-electron chi connectivity index (χ3n) is 4.59. The summed E-state index contributed by atoms with van der Waals surface area (Å²) in [6.45, 7) is 0. The molecule has 37 heavy (non-hydrogen) atoms. The highest BCUT2D eigenvalue weighted by molar-refractivity contribution is 6.00. The minimum absolute atomic E-state index is 0.179. The Morgan fingerprint density at radius 2 is 1.43 bits per heavy atom. The lowest BCUT2D eigenvalue weighted by Gasteiger charge is -2.14. The topological polar surface area (TPSA) is 90.3 Å². The fourth-order valence-corrected chi connectivity index (χ4v) is 3.09. The predicted octanol–water partition coefficient (Wildman–Crippen LogP) is 6.38. The minimum Gasteiger partial charge on any atom is -0.406 e. The molecule has 3 aromatic carbocycles. The number of amides is 2. The Balaban J connectivity index is 1.39. The van der Waals surface area contributed by atoms with Crippen LogP contribution in [-0.4, -0.2) is 33.5 Å². The molecule has 1 aromatic heterocycles. The molecule has 0 bridgehead atoms. The second kappa shape index (κ2) is 10.1. The van der Waals surface area contributed by atoms with E-state index in [1.54, 1.807) is 12.1 Å². The Labute approximate surface area is 204 Å². The summed E-state index contributed by atoms with van der Waals surface area (Å²) in [5.74, 6) is -0.644. The van der Waals surface area contributed by atoms with Crippen molar-refractivity contribution < 1.29 is 40.6 Å². The monoisotopic (exact) mass is 523 g/mol. The SMILES string of the molecule is O=C(Nc1ccc(-c2ncn(-c3ccc(OC(F)(F)F)cc3)n2)cc1)Nc1ccccc1OC(F)(F)F. The Hall–Kier alpha value is -4.75. The van der Waals surface area contributed by atoms with Gasteiger partial charge >= 0.3 is 18.8 Å². The Kier molecular flexibility index (Phi) is 6.91. The Bertz CT molecular complexity index is 1370. The molecule has 0 saturated carbocycles. The van der Waals surface area contributed by atoms with Gasteiger partial charge in [0, 0.05) is 11.3 Å². The number of nitrogens with one attached hydrogen (secondary N) is 2. The van der Waals surface area contributed by atoms with Gasteiger partial charge in [-0.15, -0.1) is 31.4 Å². The number of para-hydroxylation sites is 2. The Morgan fingerprint density at radius 1 is 0.784 bits per heavy atom. The number of nitrogens with zero attached hydrogens (tertiary/aromatic N) is 3. The van der Waals surface area contributed by atoms with E-state index in [0.29, 0.717) is 22.8 Å². The van der Waals surface area contributed by atoms with E-state index in [1.165, 1.54) is 53.5 Å². The molecule has 0 saturated heterocycles. The van der Waals surface area contributed by atoms with Crippen LogP contribution in [0.15, 0.2) is 79.1 Å².